The summed E-state index contributed by atoms with van der Waals surface area (Å²) in [5.74, 6) is -0.731. The lowest BCUT2D eigenvalue weighted by molar-refractivity contribution is 0.0683. The highest BCUT2D eigenvalue weighted by molar-refractivity contribution is 5.83. The highest BCUT2D eigenvalue weighted by atomic mass is 16.4. The number of aryl methyl sites for hydroxylation is 2. The van der Waals surface area contributed by atoms with E-state index >= 15 is 0 Å². The van der Waals surface area contributed by atoms with Crippen molar-refractivity contribution < 1.29 is 9.90 Å². The second kappa shape index (κ2) is 4.37. The summed E-state index contributed by atoms with van der Waals surface area (Å²) >= 11 is 0. The van der Waals surface area contributed by atoms with Crippen molar-refractivity contribution in [3.8, 4) is 5.69 Å². The zero-order valence-electron chi connectivity index (χ0n) is 9.71. The number of carboxylic acids is 1. The summed E-state index contributed by atoms with van der Waals surface area (Å²) in [6.45, 7) is 3.81. The van der Waals surface area contributed by atoms with Gasteiger partial charge in [0.1, 0.15) is 5.82 Å². The van der Waals surface area contributed by atoms with Gasteiger partial charge >= 0.3 is 5.97 Å². The fourth-order valence-electron chi connectivity index (χ4n) is 1.60. The van der Waals surface area contributed by atoms with Crippen LogP contribution >= 0.6 is 0 Å². The Kier molecular flexibility index (Phi) is 2.91. The third kappa shape index (κ3) is 2.18. The van der Waals surface area contributed by atoms with Gasteiger partial charge in [0.2, 0.25) is 0 Å². The third-order valence-corrected chi connectivity index (χ3v) is 2.55. The monoisotopic (exact) mass is 231 g/mol. The van der Waals surface area contributed by atoms with Crippen LogP contribution in [-0.2, 0) is 6.42 Å². The van der Waals surface area contributed by atoms with Gasteiger partial charge < -0.3 is 5.11 Å². The van der Waals surface area contributed by atoms with Gasteiger partial charge in [0, 0.05) is 0 Å². The largest absolute Gasteiger partial charge is 0.475 e. The van der Waals surface area contributed by atoms with Crippen molar-refractivity contribution in [1.29, 1.82) is 0 Å². The SMILES string of the molecule is CCc1ccc(-n2nc(C(=O)O)nc2C)cc1. The summed E-state index contributed by atoms with van der Waals surface area (Å²) in [7, 11) is 0. The molecule has 1 heterocycles. The maximum absolute atomic E-state index is 10.8. The Morgan fingerprint density at radius 2 is 2.00 bits per heavy atom. The minimum Gasteiger partial charge on any atom is -0.475 e. The number of nitrogens with zero attached hydrogens (tertiary/aromatic N) is 3. The number of carbonyl (C=O) groups is 1. The molecule has 0 saturated heterocycles. The third-order valence-electron chi connectivity index (χ3n) is 2.55. The minimum absolute atomic E-state index is 0.179. The van der Waals surface area contributed by atoms with Crippen LogP contribution in [0.25, 0.3) is 5.69 Å². The highest BCUT2D eigenvalue weighted by Gasteiger charge is 2.13. The summed E-state index contributed by atoms with van der Waals surface area (Å²) in [4.78, 5) is 14.6. The molecule has 5 nitrogen and oxygen atoms in total. The first kappa shape index (κ1) is 11.3. The molecule has 0 unspecified atom stereocenters. The first-order valence-electron chi connectivity index (χ1n) is 5.38. The van der Waals surface area contributed by atoms with E-state index in [1.165, 1.54) is 10.2 Å². The highest BCUT2D eigenvalue weighted by Crippen LogP contribution is 2.11. The average molecular weight is 231 g/mol. The molecule has 0 fully saturated rings. The molecule has 1 aromatic carbocycles. The summed E-state index contributed by atoms with van der Waals surface area (Å²) in [5, 5.41) is 12.8. The lowest BCUT2D eigenvalue weighted by Gasteiger charge is -2.03. The molecule has 5 heteroatoms. The number of benzene rings is 1. The van der Waals surface area contributed by atoms with Gasteiger partial charge in [-0.25, -0.2) is 14.5 Å². The molecule has 0 radical (unpaired) electrons. The topological polar surface area (TPSA) is 68.0 Å². The van der Waals surface area contributed by atoms with Crippen molar-refractivity contribution in [2.45, 2.75) is 20.3 Å². The van der Waals surface area contributed by atoms with Crippen LogP contribution in [0.1, 0.15) is 28.9 Å². The molecule has 2 aromatic rings. The number of hydrogen-bond acceptors (Lipinski definition) is 3. The Bertz CT molecular complexity index is 543. The van der Waals surface area contributed by atoms with Gasteiger partial charge in [-0.1, -0.05) is 19.1 Å². The molecule has 0 atom stereocenters. The Labute approximate surface area is 98.7 Å². The van der Waals surface area contributed by atoms with Gasteiger partial charge in [0.05, 0.1) is 5.69 Å². The Morgan fingerprint density at radius 1 is 1.35 bits per heavy atom. The van der Waals surface area contributed by atoms with Crippen molar-refractivity contribution in [3.05, 3.63) is 41.5 Å². The van der Waals surface area contributed by atoms with Gasteiger partial charge in [-0.15, -0.1) is 5.10 Å². The molecule has 1 aromatic heterocycles. The van der Waals surface area contributed by atoms with Crippen LogP contribution in [0.4, 0.5) is 0 Å². The number of aromatic nitrogens is 3. The van der Waals surface area contributed by atoms with E-state index in [9.17, 15) is 4.79 Å². The van der Waals surface area contributed by atoms with Gasteiger partial charge in [-0.2, -0.15) is 0 Å². The van der Waals surface area contributed by atoms with E-state index < -0.39 is 5.97 Å². The van der Waals surface area contributed by atoms with E-state index in [1.807, 2.05) is 24.3 Å². The summed E-state index contributed by atoms with van der Waals surface area (Å²) in [5.41, 5.74) is 2.05. The molecule has 17 heavy (non-hydrogen) atoms. The Hall–Kier alpha value is -2.17. The second-order valence-electron chi connectivity index (χ2n) is 3.72. The Balaban J connectivity index is 2.41. The van der Waals surface area contributed by atoms with E-state index in [4.69, 9.17) is 5.11 Å². The molecule has 0 saturated carbocycles. The summed E-state index contributed by atoms with van der Waals surface area (Å²) in [6, 6.07) is 7.81. The molecule has 0 aliphatic carbocycles. The van der Waals surface area contributed by atoms with Gasteiger partial charge in [0.15, 0.2) is 0 Å². The van der Waals surface area contributed by atoms with Crippen LogP contribution < -0.4 is 0 Å². The summed E-state index contributed by atoms with van der Waals surface area (Å²) in [6.07, 6.45) is 0.969. The van der Waals surface area contributed by atoms with Crippen molar-refractivity contribution in [2.75, 3.05) is 0 Å². The predicted octanol–water partition coefficient (Wildman–Crippen LogP) is 1.84. The molecule has 0 bridgehead atoms. The van der Waals surface area contributed by atoms with Gasteiger partial charge in [-0.05, 0) is 31.0 Å². The fraction of sp³-hybridized carbons (Fsp3) is 0.250. The van der Waals surface area contributed by atoms with E-state index in [-0.39, 0.29) is 5.82 Å². The lowest BCUT2D eigenvalue weighted by Crippen LogP contribution is -2.02. The standard InChI is InChI=1S/C12H13N3O2/c1-3-9-4-6-10(7-5-9)15-8(2)13-11(14-15)12(16)17/h4-7H,3H2,1-2H3,(H,16,17). The molecule has 0 amide bonds. The number of aromatic carboxylic acids is 1. The zero-order chi connectivity index (χ0) is 12.4. The molecule has 0 aliphatic rings. The van der Waals surface area contributed by atoms with E-state index in [2.05, 4.69) is 17.0 Å². The van der Waals surface area contributed by atoms with Gasteiger partial charge in [-0.3, -0.25) is 0 Å². The second-order valence-corrected chi connectivity index (χ2v) is 3.72. The van der Waals surface area contributed by atoms with Crippen LogP contribution in [0.2, 0.25) is 0 Å². The molecule has 2 rings (SSSR count). The fourth-order valence-corrected chi connectivity index (χ4v) is 1.60. The van der Waals surface area contributed by atoms with Crippen LogP contribution in [0.5, 0.6) is 0 Å². The quantitative estimate of drug-likeness (QED) is 0.875. The average Bonchev–Trinajstić information content (AvgIpc) is 2.72. The van der Waals surface area contributed by atoms with Gasteiger partial charge in [0.25, 0.3) is 5.82 Å². The zero-order valence-corrected chi connectivity index (χ0v) is 9.71. The summed E-state index contributed by atoms with van der Waals surface area (Å²) < 4.78 is 1.53. The minimum atomic E-state index is -1.11. The molecule has 0 aliphatic heterocycles. The number of rotatable bonds is 3. The maximum atomic E-state index is 10.8. The van der Waals surface area contributed by atoms with E-state index in [0.29, 0.717) is 5.82 Å². The number of carboxylic acid groups (broad SMARTS) is 1. The molecule has 88 valence electrons. The van der Waals surface area contributed by atoms with Crippen LogP contribution in [-0.4, -0.2) is 25.8 Å². The van der Waals surface area contributed by atoms with Crippen LogP contribution in [0.15, 0.2) is 24.3 Å². The van der Waals surface area contributed by atoms with Crippen LogP contribution in [0.3, 0.4) is 0 Å². The Morgan fingerprint density at radius 3 is 2.47 bits per heavy atom. The lowest BCUT2D eigenvalue weighted by atomic mass is 10.1. The van der Waals surface area contributed by atoms with Crippen LogP contribution in [0, 0.1) is 6.92 Å². The first-order valence-corrected chi connectivity index (χ1v) is 5.38. The first-order chi connectivity index (χ1) is 8.11. The smallest absolute Gasteiger partial charge is 0.375 e. The van der Waals surface area contributed by atoms with E-state index in [1.54, 1.807) is 6.92 Å². The normalized spacial score (nSPS) is 10.5. The maximum Gasteiger partial charge on any atom is 0.375 e. The van der Waals surface area contributed by atoms with Crippen molar-refractivity contribution in [1.82, 2.24) is 14.8 Å². The molecule has 1 N–H and O–H groups in total. The number of hydrogen-bond donors (Lipinski definition) is 1. The molecular weight excluding hydrogens is 218 g/mol. The molecule has 0 spiro atoms. The van der Waals surface area contributed by atoms with Crippen molar-refractivity contribution in [3.63, 3.8) is 0 Å². The predicted molar refractivity (Wildman–Crippen MR) is 62.4 cm³/mol. The van der Waals surface area contributed by atoms with Crippen molar-refractivity contribution >= 4 is 5.97 Å². The van der Waals surface area contributed by atoms with E-state index in [0.717, 1.165) is 12.1 Å². The molecular formula is C12H13N3O2. The van der Waals surface area contributed by atoms with Crippen molar-refractivity contribution in [2.24, 2.45) is 0 Å².